The van der Waals surface area contributed by atoms with Crippen molar-refractivity contribution in [2.75, 3.05) is 19.6 Å². The Morgan fingerprint density at radius 3 is 2.77 bits per heavy atom. The Hall–Kier alpha value is -1.88. The normalized spacial score (nSPS) is 16.6. The average Bonchev–Trinajstić information content (AvgIpc) is 2.92. The van der Waals surface area contributed by atoms with Crippen LogP contribution in [0.3, 0.4) is 0 Å². The first kappa shape index (κ1) is 16.5. The van der Waals surface area contributed by atoms with Crippen molar-refractivity contribution >= 4 is 16.9 Å². The molecular formula is C17H26N4O. The molecule has 2 heterocycles. The van der Waals surface area contributed by atoms with Crippen molar-refractivity contribution in [3.63, 3.8) is 0 Å². The molecule has 5 heteroatoms. The van der Waals surface area contributed by atoms with E-state index in [-0.39, 0.29) is 7.43 Å². The van der Waals surface area contributed by atoms with Crippen LogP contribution in [0.15, 0.2) is 18.2 Å². The molecule has 1 aromatic carbocycles. The average molecular weight is 302 g/mol. The number of H-pyrrole nitrogens is 1. The van der Waals surface area contributed by atoms with E-state index in [4.69, 9.17) is 5.73 Å². The van der Waals surface area contributed by atoms with Crippen LogP contribution in [-0.2, 0) is 0 Å². The zero-order valence-corrected chi connectivity index (χ0v) is 12.4. The van der Waals surface area contributed by atoms with Crippen LogP contribution < -0.4 is 5.73 Å². The second kappa shape index (κ2) is 6.92. The largest absolute Gasteiger partial charge is 0.366 e. The van der Waals surface area contributed by atoms with E-state index < -0.39 is 5.91 Å². The molecule has 0 bridgehead atoms. The lowest BCUT2D eigenvalue weighted by molar-refractivity contribution is 0.100. The zero-order valence-electron chi connectivity index (χ0n) is 12.4. The topological polar surface area (TPSA) is 75.0 Å². The summed E-state index contributed by atoms with van der Waals surface area (Å²) in [6.45, 7) is 5.64. The minimum absolute atomic E-state index is 0. The highest BCUT2D eigenvalue weighted by Gasteiger charge is 2.23. The third-order valence-corrected chi connectivity index (χ3v) is 4.31. The standard InChI is InChI=1S/C16H22N4O.CH4/c1-2-8-20-9-6-11(7-10-20)16-18-13-5-3-4-12(15(17)21)14(13)19-16;/h3-5,11H,2,6-10H2,1H3,(H2,17,21)(H,18,19);1H4. The minimum atomic E-state index is -0.420. The van der Waals surface area contributed by atoms with E-state index in [9.17, 15) is 4.79 Å². The quantitative estimate of drug-likeness (QED) is 0.912. The highest BCUT2D eigenvalue weighted by atomic mass is 16.1. The number of carbonyl (C=O) groups is 1. The molecule has 3 rings (SSSR count). The SMILES string of the molecule is C.CCCN1CCC(c2nc3c(C(N)=O)cccc3[nH]2)CC1. The van der Waals surface area contributed by atoms with E-state index in [0.29, 0.717) is 17.0 Å². The third kappa shape index (κ3) is 3.14. The van der Waals surface area contributed by atoms with Crippen LogP contribution in [0.5, 0.6) is 0 Å². The van der Waals surface area contributed by atoms with Crippen molar-refractivity contribution in [2.24, 2.45) is 5.73 Å². The highest BCUT2D eigenvalue weighted by Crippen LogP contribution is 2.28. The number of aromatic nitrogens is 2. The maximum Gasteiger partial charge on any atom is 0.250 e. The summed E-state index contributed by atoms with van der Waals surface area (Å²) in [6, 6.07) is 5.53. The number of hydrogen-bond acceptors (Lipinski definition) is 3. The van der Waals surface area contributed by atoms with Gasteiger partial charge in [0.1, 0.15) is 11.3 Å². The van der Waals surface area contributed by atoms with Gasteiger partial charge in [-0.25, -0.2) is 4.98 Å². The van der Waals surface area contributed by atoms with Crippen molar-refractivity contribution in [2.45, 2.75) is 39.5 Å². The number of nitrogens with one attached hydrogen (secondary N) is 1. The van der Waals surface area contributed by atoms with E-state index in [2.05, 4.69) is 21.8 Å². The summed E-state index contributed by atoms with van der Waals surface area (Å²) in [5.74, 6) is 1.03. The summed E-state index contributed by atoms with van der Waals surface area (Å²) in [5.41, 5.74) is 7.52. The molecule has 1 saturated heterocycles. The summed E-state index contributed by atoms with van der Waals surface area (Å²) in [4.78, 5) is 22.0. The smallest absolute Gasteiger partial charge is 0.250 e. The molecule has 1 aliphatic heterocycles. The van der Waals surface area contributed by atoms with Gasteiger partial charge in [0.2, 0.25) is 0 Å². The Labute approximate surface area is 131 Å². The molecule has 0 unspecified atom stereocenters. The maximum atomic E-state index is 11.5. The van der Waals surface area contributed by atoms with E-state index in [1.165, 1.54) is 13.0 Å². The Morgan fingerprint density at radius 1 is 1.41 bits per heavy atom. The van der Waals surface area contributed by atoms with Gasteiger partial charge >= 0.3 is 0 Å². The molecule has 2 aromatic rings. The summed E-state index contributed by atoms with van der Waals surface area (Å²) in [6.07, 6.45) is 3.44. The molecule has 3 N–H and O–H groups in total. The van der Waals surface area contributed by atoms with Gasteiger partial charge in [-0.15, -0.1) is 0 Å². The number of piperidine rings is 1. The van der Waals surface area contributed by atoms with Gasteiger partial charge < -0.3 is 15.6 Å². The Morgan fingerprint density at radius 2 is 2.14 bits per heavy atom. The van der Waals surface area contributed by atoms with Gasteiger partial charge in [-0.3, -0.25) is 4.79 Å². The molecular weight excluding hydrogens is 276 g/mol. The van der Waals surface area contributed by atoms with Crippen LogP contribution in [0.4, 0.5) is 0 Å². The third-order valence-electron chi connectivity index (χ3n) is 4.31. The Bertz CT molecular complexity index is 641. The molecule has 0 radical (unpaired) electrons. The number of carbonyl (C=O) groups excluding carboxylic acids is 1. The van der Waals surface area contributed by atoms with Crippen molar-refractivity contribution in [1.82, 2.24) is 14.9 Å². The van der Waals surface area contributed by atoms with E-state index in [1.807, 2.05) is 12.1 Å². The fraction of sp³-hybridized carbons (Fsp3) is 0.529. The molecule has 1 amide bonds. The number of benzene rings is 1. The van der Waals surface area contributed by atoms with Crippen LogP contribution >= 0.6 is 0 Å². The van der Waals surface area contributed by atoms with Gasteiger partial charge in [0.15, 0.2) is 0 Å². The van der Waals surface area contributed by atoms with Crippen LogP contribution in [0, 0.1) is 0 Å². The van der Waals surface area contributed by atoms with E-state index >= 15 is 0 Å². The van der Waals surface area contributed by atoms with Gasteiger partial charge in [-0.1, -0.05) is 20.4 Å². The number of rotatable bonds is 4. The number of fused-ring (bicyclic) bond motifs is 1. The molecule has 0 aliphatic carbocycles. The number of aromatic amines is 1. The molecule has 1 aromatic heterocycles. The molecule has 0 atom stereocenters. The summed E-state index contributed by atoms with van der Waals surface area (Å²) < 4.78 is 0. The summed E-state index contributed by atoms with van der Waals surface area (Å²) >= 11 is 0. The molecule has 1 fully saturated rings. The first-order valence-electron chi connectivity index (χ1n) is 7.69. The lowest BCUT2D eigenvalue weighted by Crippen LogP contribution is -2.33. The maximum absolute atomic E-state index is 11.5. The van der Waals surface area contributed by atoms with Crippen LogP contribution in [-0.4, -0.2) is 40.4 Å². The molecule has 0 spiro atoms. The molecule has 5 nitrogen and oxygen atoms in total. The van der Waals surface area contributed by atoms with E-state index in [0.717, 1.165) is 37.3 Å². The van der Waals surface area contributed by atoms with Crippen LogP contribution in [0.1, 0.15) is 55.7 Å². The van der Waals surface area contributed by atoms with Crippen LogP contribution in [0.25, 0.3) is 11.0 Å². The molecule has 1 aliphatic rings. The molecule has 120 valence electrons. The highest BCUT2D eigenvalue weighted by molar-refractivity contribution is 6.04. The van der Waals surface area contributed by atoms with Gasteiger partial charge in [0.25, 0.3) is 5.91 Å². The number of amides is 1. The minimum Gasteiger partial charge on any atom is -0.366 e. The van der Waals surface area contributed by atoms with E-state index in [1.54, 1.807) is 6.07 Å². The number of hydrogen-bond donors (Lipinski definition) is 2. The second-order valence-corrected chi connectivity index (χ2v) is 5.80. The predicted octanol–water partition coefficient (Wildman–Crippen LogP) is 2.89. The summed E-state index contributed by atoms with van der Waals surface area (Å²) in [5, 5.41) is 0. The van der Waals surface area contributed by atoms with Crippen LogP contribution in [0.2, 0.25) is 0 Å². The molecule has 0 saturated carbocycles. The zero-order chi connectivity index (χ0) is 14.8. The van der Waals surface area contributed by atoms with Gasteiger partial charge in [-0.2, -0.15) is 0 Å². The predicted molar refractivity (Wildman–Crippen MR) is 90.0 cm³/mol. The number of imidazole rings is 1. The number of nitrogens with zero attached hydrogens (tertiary/aromatic N) is 2. The second-order valence-electron chi connectivity index (χ2n) is 5.80. The van der Waals surface area contributed by atoms with Gasteiger partial charge in [-0.05, 0) is 51.0 Å². The van der Waals surface area contributed by atoms with Gasteiger partial charge in [0, 0.05) is 5.92 Å². The number of nitrogens with two attached hydrogens (primary N) is 1. The van der Waals surface area contributed by atoms with Crippen molar-refractivity contribution in [1.29, 1.82) is 0 Å². The number of para-hydroxylation sites is 1. The number of likely N-dealkylation sites (tertiary alicyclic amines) is 1. The first-order chi connectivity index (χ1) is 10.2. The van der Waals surface area contributed by atoms with Crippen molar-refractivity contribution in [3.05, 3.63) is 29.6 Å². The van der Waals surface area contributed by atoms with Crippen molar-refractivity contribution in [3.8, 4) is 0 Å². The lowest BCUT2D eigenvalue weighted by atomic mass is 9.96. The first-order valence-corrected chi connectivity index (χ1v) is 7.69. The molecule has 22 heavy (non-hydrogen) atoms. The fourth-order valence-electron chi connectivity index (χ4n) is 3.19. The monoisotopic (exact) mass is 302 g/mol. The number of primary amides is 1. The fourth-order valence-corrected chi connectivity index (χ4v) is 3.19. The lowest BCUT2D eigenvalue weighted by Gasteiger charge is -2.30. The van der Waals surface area contributed by atoms with Gasteiger partial charge in [0.05, 0.1) is 11.1 Å². The Kier molecular flexibility index (Phi) is 5.19. The Balaban J connectivity index is 0.00000176. The van der Waals surface area contributed by atoms with Crippen molar-refractivity contribution < 1.29 is 4.79 Å². The summed E-state index contributed by atoms with van der Waals surface area (Å²) in [7, 11) is 0.